The molecule has 0 radical (unpaired) electrons. The minimum absolute atomic E-state index is 0.715. The summed E-state index contributed by atoms with van der Waals surface area (Å²) in [6.45, 7) is 0. The second-order valence-electron chi connectivity index (χ2n) is 3.91. The average molecular weight is 421 g/mol. The molecular weight excluding hydrogens is 410 g/mol. The summed E-state index contributed by atoms with van der Waals surface area (Å²) in [6, 6.07) is 8.13. The molecule has 2 aromatic rings. The molecular formula is C13H11Br2NO3S. The minimum atomic E-state index is -0.929. The number of methoxy groups -OCH3 is 1. The number of hydrogen-bond donors (Lipinski definition) is 2. The van der Waals surface area contributed by atoms with E-state index in [1.165, 1.54) is 11.3 Å². The van der Waals surface area contributed by atoms with Crippen LogP contribution in [0.25, 0.3) is 0 Å². The number of anilines is 1. The summed E-state index contributed by atoms with van der Waals surface area (Å²) in [7, 11) is 1.59. The maximum Gasteiger partial charge on any atom is 0.331 e. The summed E-state index contributed by atoms with van der Waals surface area (Å²) >= 11 is 8.12. The molecule has 20 heavy (non-hydrogen) atoms. The smallest absolute Gasteiger partial charge is 0.331 e. The summed E-state index contributed by atoms with van der Waals surface area (Å²) in [6.07, 6.45) is 0. The van der Waals surface area contributed by atoms with Gasteiger partial charge in [-0.2, -0.15) is 0 Å². The molecule has 0 saturated carbocycles. The van der Waals surface area contributed by atoms with E-state index < -0.39 is 12.0 Å². The highest BCUT2D eigenvalue weighted by atomic mass is 79.9. The van der Waals surface area contributed by atoms with Gasteiger partial charge in [0, 0.05) is 15.0 Å². The average Bonchev–Trinajstić information content (AvgIpc) is 2.76. The van der Waals surface area contributed by atoms with Crippen molar-refractivity contribution in [3.63, 3.8) is 0 Å². The fraction of sp³-hybridized carbons (Fsp3) is 0.154. The summed E-state index contributed by atoms with van der Waals surface area (Å²) in [5.41, 5.74) is 0.721. The number of halogens is 2. The molecule has 1 heterocycles. The van der Waals surface area contributed by atoms with E-state index in [-0.39, 0.29) is 0 Å². The summed E-state index contributed by atoms with van der Waals surface area (Å²) in [5, 5.41) is 12.4. The highest BCUT2D eigenvalue weighted by Crippen LogP contribution is 2.36. The van der Waals surface area contributed by atoms with Gasteiger partial charge in [0.05, 0.1) is 10.9 Å². The van der Waals surface area contributed by atoms with Crippen molar-refractivity contribution in [2.75, 3.05) is 12.4 Å². The molecule has 7 heteroatoms. The predicted octanol–water partition coefficient (Wildman–Crippen LogP) is 4.52. The number of nitrogens with one attached hydrogen (secondary N) is 1. The van der Waals surface area contributed by atoms with Crippen LogP contribution in [0.15, 0.2) is 38.6 Å². The zero-order valence-corrected chi connectivity index (χ0v) is 14.4. The molecule has 1 aromatic heterocycles. The molecule has 0 bridgehead atoms. The zero-order valence-electron chi connectivity index (χ0n) is 10.4. The third-order valence-electron chi connectivity index (χ3n) is 2.60. The van der Waals surface area contributed by atoms with Crippen LogP contribution in [0.3, 0.4) is 0 Å². The predicted molar refractivity (Wildman–Crippen MR) is 86.7 cm³/mol. The number of hydrogen-bond acceptors (Lipinski definition) is 4. The van der Waals surface area contributed by atoms with Crippen LogP contribution in [0.5, 0.6) is 5.75 Å². The van der Waals surface area contributed by atoms with Gasteiger partial charge in [-0.3, -0.25) is 0 Å². The Morgan fingerprint density at radius 1 is 1.35 bits per heavy atom. The quantitative estimate of drug-likeness (QED) is 0.746. The molecule has 0 fully saturated rings. The number of carbonyl (C=O) groups is 1. The number of carboxylic acid groups (broad SMARTS) is 1. The van der Waals surface area contributed by atoms with Crippen LogP contribution in [0.4, 0.5) is 5.69 Å². The van der Waals surface area contributed by atoms with Crippen LogP contribution in [0.2, 0.25) is 0 Å². The van der Waals surface area contributed by atoms with E-state index in [0.29, 0.717) is 4.88 Å². The Labute approximate surface area is 137 Å². The van der Waals surface area contributed by atoms with Crippen LogP contribution < -0.4 is 10.1 Å². The van der Waals surface area contributed by atoms with Gasteiger partial charge in [0.2, 0.25) is 0 Å². The van der Waals surface area contributed by atoms with Crippen molar-refractivity contribution in [3.05, 3.63) is 43.5 Å². The van der Waals surface area contributed by atoms with Crippen molar-refractivity contribution < 1.29 is 14.6 Å². The summed E-state index contributed by atoms with van der Waals surface area (Å²) < 4.78 is 6.79. The van der Waals surface area contributed by atoms with Crippen LogP contribution in [-0.2, 0) is 4.79 Å². The van der Waals surface area contributed by atoms with Gasteiger partial charge in [0.15, 0.2) is 6.04 Å². The van der Waals surface area contributed by atoms with Crippen LogP contribution in [-0.4, -0.2) is 18.2 Å². The Hall–Kier alpha value is -1.05. The topological polar surface area (TPSA) is 58.6 Å². The first kappa shape index (κ1) is 15.3. The fourth-order valence-electron chi connectivity index (χ4n) is 1.61. The number of rotatable bonds is 5. The lowest BCUT2D eigenvalue weighted by atomic mass is 10.2. The van der Waals surface area contributed by atoms with Gasteiger partial charge < -0.3 is 15.2 Å². The van der Waals surface area contributed by atoms with Crippen LogP contribution in [0.1, 0.15) is 10.9 Å². The molecule has 1 unspecified atom stereocenters. The van der Waals surface area contributed by atoms with Gasteiger partial charge in [0.25, 0.3) is 0 Å². The van der Waals surface area contributed by atoms with Gasteiger partial charge in [-0.25, -0.2) is 4.79 Å². The Morgan fingerprint density at radius 3 is 2.45 bits per heavy atom. The lowest BCUT2D eigenvalue weighted by Gasteiger charge is -2.14. The molecule has 0 aliphatic rings. The van der Waals surface area contributed by atoms with Crippen LogP contribution in [0, 0.1) is 0 Å². The van der Waals surface area contributed by atoms with Crippen molar-refractivity contribution >= 4 is 54.9 Å². The maximum absolute atomic E-state index is 11.4. The first-order valence-corrected chi connectivity index (χ1v) is 7.99. The van der Waals surface area contributed by atoms with E-state index >= 15 is 0 Å². The zero-order chi connectivity index (χ0) is 14.7. The van der Waals surface area contributed by atoms with Crippen molar-refractivity contribution in [2.45, 2.75) is 6.04 Å². The first-order valence-electron chi connectivity index (χ1n) is 5.59. The molecule has 1 aromatic carbocycles. The highest BCUT2D eigenvalue weighted by Gasteiger charge is 2.22. The third kappa shape index (κ3) is 3.53. The number of ether oxygens (including phenoxy) is 1. The Morgan fingerprint density at radius 2 is 2.00 bits per heavy atom. The second kappa shape index (κ2) is 6.60. The summed E-state index contributed by atoms with van der Waals surface area (Å²) in [5.74, 6) is -0.203. The Bertz CT molecular complexity index is 593. The van der Waals surface area contributed by atoms with Crippen molar-refractivity contribution in [3.8, 4) is 5.75 Å². The standard InChI is InChI=1S/C13H11Br2NO3S/c1-19-8-4-2-7(3-5-8)16-11(13(17)18)10-6-9(14)12(15)20-10/h2-6,11,16H,1H3,(H,17,18). The molecule has 0 spiro atoms. The van der Waals surface area contributed by atoms with Gasteiger partial charge in [-0.1, -0.05) is 0 Å². The molecule has 4 nitrogen and oxygen atoms in total. The maximum atomic E-state index is 11.4. The van der Waals surface area contributed by atoms with Crippen molar-refractivity contribution in [1.29, 1.82) is 0 Å². The molecule has 0 amide bonds. The first-order chi connectivity index (χ1) is 9.51. The minimum Gasteiger partial charge on any atom is -0.497 e. The van der Waals surface area contributed by atoms with Crippen LogP contribution >= 0.6 is 43.2 Å². The SMILES string of the molecule is COc1ccc(NC(C(=O)O)c2cc(Br)c(Br)s2)cc1. The van der Waals surface area contributed by atoms with E-state index in [0.717, 1.165) is 19.7 Å². The normalized spacial score (nSPS) is 11.9. The molecule has 106 valence electrons. The van der Waals surface area contributed by atoms with E-state index in [4.69, 9.17) is 4.74 Å². The second-order valence-corrected chi connectivity index (χ2v) is 7.17. The summed E-state index contributed by atoms with van der Waals surface area (Å²) in [4.78, 5) is 12.2. The molecule has 0 aliphatic carbocycles. The number of aliphatic carboxylic acids is 1. The highest BCUT2D eigenvalue weighted by molar-refractivity contribution is 9.13. The van der Waals surface area contributed by atoms with Crippen molar-refractivity contribution in [1.82, 2.24) is 0 Å². The lowest BCUT2D eigenvalue weighted by Crippen LogP contribution is -2.19. The molecule has 2 N–H and O–H groups in total. The van der Waals surface area contributed by atoms with Gasteiger partial charge >= 0.3 is 5.97 Å². The third-order valence-corrected chi connectivity index (χ3v) is 5.92. The molecule has 2 rings (SSSR count). The molecule has 1 atom stereocenters. The number of thiophene rings is 1. The molecule has 0 aliphatic heterocycles. The number of benzene rings is 1. The van der Waals surface area contributed by atoms with Gasteiger partial charge in [-0.05, 0) is 62.2 Å². The fourth-order valence-corrected chi connectivity index (χ4v) is 3.75. The largest absolute Gasteiger partial charge is 0.497 e. The Balaban J connectivity index is 2.23. The molecule has 0 saturated heterocycles. The Kier molecular flexibility index (Phi) is 5.06. The number of carboxylic acids is 1. The van der Waals surface area contributed by atoms with E-state index in [9.17, 15) is 9.90 Å². The van der Waals surface area contributed by atoms with E-state index in [1.54, 1.807) is 37.4 Å². The lowest BCUT2D eigenvalue weighted by molar-refractivity contribution is -0.138. The monoisotopic (exact) mass is 419 g/mol. The van der Waals surface area contributed by atoms with Gasteiger partial charge in [-0.15, -0.1) is 11.3 Å². The van der Waals surface area contributed by atoms with Crippen molar-refractivity contribution in [2.24, 2.45) is 0 Å². The van der Waals surface area contributed by atoms with Gasteiger partial charge in [0.1, 0.15) is 5.75 Å². The van der Waals surface area contributed by atoms with E-state index in [1.807, 2.05) is 0 Å². The van der Waals surface area contributed by atoms with E-state index in [2.05, 4.69) is 37.2 Å².